The summed E-state index contributed by atoms with van der Waals surface area (Å²) in [6.45, 7) is 13.4. The molecule has 0 rings (SSSR count). The van der Waals surface area contributed by atoms with Gasteiger partial charge in [0.2, 0.25) is 0 Å². The lowest BCUT2D eigenvalue weighted by molar-refractivity contribution is -0.113. The van der Waals surface area contributed by atoms with E-state index in [9.17, 15) is 9.59 Å². The molecule has 200 valence electrons. The van der Waals surface area contributed by atoms with E-state index in [0.717, 1.165) is 37.8 Å². The average molecular weight is 509 g/mol. The van der Waals surface area contributed by atoms with Crippen LogP contribution >= 0.6 is 0 Å². The van der Waals surface area contributed by atoms with Crippen LogP contribution in [0.2, 0.25) is 38.3 Å². The second-order valence-electron chi connectivity index (χ2n) is 11.9. The summed E-state index contributed by atoms with van der Waals surface area (Å²) in [4.78, 5) is 25.5. The Morgan fingerprint density at radius 2 is 0.735 bits per heavy atom. The normalized spacial score (nSPS) is 12.5. The SMILES string of the molecule is CCCCCCCCCCC(=O)[Si](C)(C)C/C=C\C[Si](C)(C)C(=O)CCCCCCCCCC. The van der Waals surface area contributed by atoms with Crippen LogP contribution in [0.1, 0.15) is 129 Å². The number of carbonyl (C=O) groups excluding carboxylic acids is 2. The summed E-state index contributed by atoms with van der Waals surface area (Å²) in [5.74, 6) is 0. The summed E-state index contributed by atoms with van der Waals surface area (Å²) in [5, 5.41) is 1.07. The van der Waals surface area contributed by atoms with Gasteiger partial charge in [0, 0.05) is 12.8 Å². The molecule has 0 amide bonds. The Hall–Kier alpha value is -0.486. The summed E-state index contributed by atoms with van der Waals surface area (Å²) in [7, 11) is -3.71. The van der Waals surface area contributed by atoms with Crippen LogP contribution < -0.4 is 0 Å². The van der Waals surface area contributed by atoms with E-state index in [2.05, 4.69) is 52.2 Å². The molecule has 4 heteroatoms. The first-order chi connectivity index (χ1) is 16.2. The minimum absolute atomic E-state index is 0.533. The van der Waals surface area contributed by atoms with E-state index >= 15 is 0 Å². The van der Waals surface area contributed by atoms with Crippen LogP contribution in [0.4, 0.5) is 0 Å². The zero-order valence-electron chi connectivity index (χ0n) is 24.1. The lowest BCUT2D eigenvalue weighted by Gasteiger charge is -2.20. The largest absolute Gasteiger partial charge is 0.305 e. The number of unbranched alkanes of at least 4 members (excludes halogenated alkanes) is 14. The van der Waals surface area contributed by atoms with Crippen LogP contribution in [0.5, 0.6) is 0 Å². The van der Waals surface area contributed by atoms with Crippen LogP contribution in [0.15, 0.2) is 12.2 Å². The number of carbonyl (C=O) groups is 2. The summed E-state index contributed by atoms with van der Waals surface area (Å²) < 4.78 is 0. The van der Waals surface area contributed by atoms with Gasteiger partial charge in [0.15, 0.2) is 0 Å². The fraction of sp³-hybridized carbons (Fsp3) is 0.867. The van der Waals surface area contributed by atoms with E-state index in [-0.39, 0.29) is 0 Å². The zero-order chi connectivity index (χ0) is 25.7. The van der Waals surface area contributed by atoms with Gasteiger partial charge < -0.3 is 9.59 Å². The third kappa shape index (κ3) is 17.9. The maximum atomic E-state index is 12.8. The Morgan fingerprint density at radius 1 is 0.471 bits per heavy atom. The molecular weight excluding hydrogens is 449 g/mol. The van der Waals surface area contributed by atoms with Gasteiger partial charge in [0.05, 0.1) is 0 Å². The van der Waals surface area contributed by atoms with Crippen molar-refractivity contribution in [1.29, 1.82) is 0 Å². The van der Waals surface area contributed by atoms with E-state index < -0.39 is 16.1 Å². The summed E-state index contributed by atoms with van der Waals surface area (Å²) in [6.07, 6.45) is 26.6. The molecule has 0 aromatic carbocycles. The molecule has 0 aliphatic heterocycles. The summed E-state index contributed by atoms with van der Waals surface area (Å²) >= 11 is 0. The molecule has 0 unspecified atom stereocenters. The summed E-state index contributed by atoms with van der Waals surface area (Å²) in [6, 6.07) is 1.86. The molecule has 0 radical (unpaired) electrons. The molecule has 0 aliphatic rings. The Labute approximate surface area is 216 Å². The Morgan fingerprint density at radius 3 is 1.03 bits per heavy atom. The second kappa shape index (κ2) is 20.7. The van der Waals surface area contributed by atoms with Crippen LogP contribution in [-0.4, -0.2) is 27.0 Å². The molecular formula is C30H60O2Si2. The van der Waals surface area contributed by atoms with Gasteiger partial charge in [-0.1, -0.05) is 142 Å². The van der Waals surface area contributed by atoms with Crippen molar-refractivity contribution in [3.8, 4) is 0 Å². The predicted molar refractivity (Wildman–Crippen MR) is 158 cm³/mol. The number of hydrogen-bond acceptors (Lipinski definition) is 2. The maximum absolute atomic E-state index is 12.8. The predicted octanol–water partition coefficient (Wildman–Crippen LogP) is 10.2. The van der Waals surface area contributed by atoms with Crippen LogP contribution in [0, 0.1) is 0 Å². The molecule has 0 atom stereocenters. The lowest BCUT2D eigenvalue weighted by Crippen LogP contribution is -2.37. The highest BCUT2D eigenvalue weighted by atomic mass is 28.3. The Balaban J connectivity index is 4.06. The maximum Gasteiger partial charge on any atom is 0.130 e. The molecule has 0 heterocycles. The summed E-state index contributed by atoms with van der Waals surface area (Å²) in [5.41, 5.74) is 0. The van der Waals surface area contributed by atoms with Crippen LogP contribution in [0.3, 0.4) is 0 Å². The fourth-order valence-electron chi connectivity index (χ4n) is 4.50. The molecule has 0 bridgehead atoms. The molecule has 34 heavy (non-hydrogen) atoms. The minimum atomic E-state index is -1.85. The van der Waals surface area contributed by atoms with Gasteiger partial charge in [-0.25, -0.2) is 0 Å². The van der Waals surface area contributed by atoms with Gasteiger partial charge in [-0.2, -0.15) is 0 Å². The van der Waals surface area contributed by atoms with Crippen molar-refractivity contribution >= 4 is 27.0 Å². The van der Waals surface area contributed by atoms with E-state index in [4.69, 9.17) is 0 Å². The first-order valence-corrected chi connectivity index (χ1v) is 21.3. The molecule has 2 nitrogen and oxygen atoms in total. The van der Waals surface area contributed by atoms with Crippen molar-refractivity contribution in [2.24, 2.45) is 0 Å². The number of hydrogen-bond donors (Lipinski definition) is 0. The van der Waals surface area contributed by atoms with Gasteiger partial charge in [-0.05, 0) is 24.9 Å². The first-order valence-electron chi connectivity index (χ1n) is 14.9. The van der Waals surface area contributed by atoms with E-state index in [1.54, 1.807) is 0 Å². The van der Waals surface area contributed by atoms with E-state index in [1.807, 2.05) is 0 Å². The quantitative estimate of drug-likeness (QED) is 0.0738. The monoisotopic (exact) mass is 508 g/mol. The highest BCUT2D eigenvalue weighted by Gasteiger charge is 2.30. The highest BCUT2D eigenvalue weighted by molar-refractivity contribution is 7.05. The lowest BCUT2D eigenvalue weighted by atomic mass is 10.1. The van der Waals surface area contributed by atoms with Gasteiger partial charge in [-0.3, -0.25) is 0 Å². The van der Waals surface area contributed by atoms with Gasteiger partial charge in [-0.15, -0.1) is 0 Å². The topological polar surface area (TPSA) is 34.1 Å². The smallest absolute Gasteiger partial charge is 0.130 e. The number of rotatable bonds is 24. The molecule has 0 saturated carbocycles. The highest BCUT2D eigenvalue weighted by Crippen LogP contribution is 2.20. The van der Waals surface area contributed by atoms with E-state index in [0.29, 0.717) is 10.8 Å². The van der Waals surface area contributed by atoms with Crippen molar-refractivity contribution in [3.63, 3.8) is 0 Å². The van der Waals surface area contributed by atoms with Crippen molar-refractivity contribution < 1.29 is 9.59 Å². The van der Waals surface area contributed by atoms with Crippen molar-refractivity contribution in [3.05, 3.63) is 12.2 Å². The van der Waals surface area contributed by atoms with E-state index in [1.165, 1.54) is 89.9 Å². The van der Waals surface area contributed by atoms with Crippen molar-refractivity contribution in [2.75, 3.05) is 0 Å². The minimum Gasteiger partial charge on any atom is -0.305 e. The molecule has 0 aromatic rings. The third-order valence-corrected chi connectivity index (χ3v) is 13.5. The molecule has 0 aromatic heterocycles. The third-order valence-electron chi connectivity index (χ3n) is 7.45. The average Bonchev–Trinajstić information content (AvgIpc) is 2.80. The Bertz CT molecular complexity index is 504. The fourth-order valence-corrected chi connectivity index (χ4v) is 8.17. The van der Waals surface area contributed by atoms with Crippen LogP contribution in [0.25, 0.3) is 0 Å². The van der Waals surface area contributed by atoms with Crippen molar-refractivity contribution in [1.82, 2.24) is 0 Å². The van der Waals surface area contributed by atoms with Gasteiger partial charge in [0.1, 0.15) is 27.0 Å². The molecule has 0 aliphatic carbocycles. The number of allylic oxidation sites excluding steroid dienone is 2. The molecule has 0 saturated heterocycles. The van der Waals surface area contributed by atoms with Gasteiger partial charge in [0.25, 0.3) is 0 Å². The molecule has 0 N–H and O–H groups in total. The van der Waals surface area contributed by atoms with Crippen molar-refractivity contribution in [2.45, 2.75) is 168 Å². The Kier molecular flexibility index (Phi) is 20.4. The van der Waals surface area contributed by atoms with Gasteiger partial charge >= 0.3 is 0 Å². The molecule has 0 spiro atoms. The van der Waals surface area contributed by atoms with Crippen LogP contribution in [-0.2, 0) is 9.59 Å². The molecule has 0 fully saturated rings. The second-order valence-corrected chi connectivity index (χ2v) is 21.4. The zero-order valence-corrected chi connectivity index (χ0v) is 26.1. The standard InChI is InChI=1S/C30H60O2Si2/c1-7-9-11-13-15-17-19-21-25-29(31)33(3,4)27-23-24-28-34(5,6)30(32)26-22-20-18-16-14-12-10-8-2/h23-24H,7-22,25-28H2,1-6H3/b24-23-. The first kappa shape index (κ1) is 33.5.